The molecule has 1 atom stereocenters. The van der Waals surface area contributed by atoms with Gasteiger partial charge in [-0.3, -0.25) is 9.59 Å². The average molecular weight is 396 g/mol. The molecule has 0 spiro atoms. The maximum absolute atomic E-state index is 12.3. The van der Waals surface area contributed by atoms with Crippen molar-refractivity contribution in [2.75, 3.05) is 31.7 Å². The summed E-state index contributed by atoms with van der Waals surface area (Å²) >= 11 is 0. The van der Waals surface area contributed by atoms with Crippen LogP contribution in [0.5, 0.6) is 5.75 Å². The van der Waals surface area contributed by atoms with Gasteiger partial charge in [-0.25, -0.2) is 0 Å². The first-order valence-electron chi connectivity index (χ1n) is 10.00. The zero-order valence-electron chi connectivity index (χ0n) is 17.0. The van der Waals surface area contributed by atoms with Gasteiger partial charge in [0.1, 0.15) is 12.4 Å². The van der Waals surface area contributed by atoms with Gasteiger partial charge < -0.3 is 19.7 Å². The van der Waals surface area contributed by atoms with E-state index in [9.17, 15) is 9.59 Å². The molecule has 1 unspecified atom stereocenters. The van der Waals surface area contributed by atoms with Crippen molar-refractivity contribution in [3.8, 4) is 5.75 Å². The number of carbonyl (C=O) groups is 2. The van der Waals surface area contributed by atoms with Crippen LogP contribution in [0.4, 0.5) is 5.69 Å². The van der Waals surface area contributed by atoms with Crippen molar-refractivity contribution >= 4 is 17.5 Å². The fraction of sp³-hybridized carbons (Fsp3) is 0.391. The molecule has 1 fully saturated rings. The molecule has 154 valence electrons. The summed E-state index contributed by atoms with van der Waals surface area (Å²) in [6, 6.07) is 15.7. The summed E-state index contributed by atoms with van der Waals surface area (Å²) in [5.41, 5.74) is 3.10. The van der Waals surface area contributed by atoms with E-state index in [0.717, 1.165) is 23.4 Å². The fourth-order valence-electron chi connectivity index (χ4n) is 3.38. The van der Waals surface area contributed by atoms with E-state index >= 15 is 0 Å². The Balaban J connectivity index is 1.49. The van der Waals surface area contributed by atoms with Gasteiger partial charge in [0.05, 0.1) is 19.8 Å². The van der Waals surface area contributed by atoms with Crippen LogP contribution in [0.25, 0.3) is 0 Å². The lowest BCUT2D eigenvalue weighted by atomic mass is 10.1. The van der Waals surface area contributed by atoms with Gasteiger partial charge in [0.25, 0.3) is 5.91 Å². The van der Waals surface area contributed by atoms with Crippen molar-refractivity contribution in [1.29, 1.82) is 0 Å². The molecule has 6 nitrogen and oxygen atoms in total. The molecular formula is C23H28N2O4. The number of carbonyl (C=O) groups excluding carboxylic acids is 2. The molecule has 1 heterocycles. The van der Waals surface area contributed by atoms with Gasteiger partial charge in [0.15, 0.2) is 0 Å². The maximum atomic E-state index is 12.3. The highest BCUT2D eigenvalue weighted by Crippen LogP contribution is 2.20. The third-order valence-electron chi connectivity index (χ3n) is 5.13. The molecule has 3 rings (SSSR count). The largest absolute Gasteiger partial charge is 0.496 e. The second-order valence-electron chi connectivity index (χ2n) is 7.07. The Bertz CT molecular complexity index is 835. The summed E-state index contributed by atoms with van der Waals surface area (Å²) in [6.45, 7) is 2.93. The Morgan fingerprint density at radius 2 is 1.97 bits per heavy atom. The fourth-order valence-corrected chi connectivity index (χ4v) is 3.38. The molecule has 0 aromatic heterocycles. The number of benzene rings is 2. The number of rotatable bonds is 8. The second kappa shape index (κ2) is 10.1. The molecule has 6 heteroatoms. The van der Waals surface area contributed by atoms with Crippen molar-refractivity contribution in [1.82, 2.24) is 5.32 Å². The first-order chi connectivity index (χ1) is 14.1. The van der Waals surface area contributed by atoms with Gasteiger partial charge in [-0.1, -0.05) is 37.3 Å². The van der Waals surface area contributed by atoms with Crippen molar-refractivity contribution in [2.45, 2.75) is 32.3 Å². The van der Waals surface area contributed by atoms with E-state index in [4.69, 9.17) is 9.47 Å². The van der Waals surface area contributed by atoms with E-state index in [0.29, 0.717) is 25.9 Å². The van der Waals surface area contributed by atoms with Crippen molar-refractivity contribution in [3.63, 3.8) is 0 Å². The van der Waals surface area contributed by atoms with Crippen LogP contribution < -0.4 is 15.0 Å². The van der Waals surface area contributed by atoms with Gasteiger partial charge in [-0.05, 0) is 42.2 Å². The number of hydrogen-bond acceptors (Lipinski definition) is 4. The van der Waals surface area contributed by atoms with Crippen LogP contribution in [-0.4, -0.2) is 44.7 Å². The van der Waals surface area contributed by atoms with Gasteiger partial charge in [0.2, 0.25) is 5.91 Å². The van der Waals surface area contributed by atoms with E-state index in [1.165, 1.54) is 5.56 Å². The minimum atomic E-state index is -0.228. The van der Waals surface area contributed by atoms with Crippen LogP contribution in [0.2, 0.25) is 0 Å². The van der Waals surface area contributed by atoms with E-state index in [2.05, 4.69) is 12.2 Å². The second-order valence-corrected chi connectivity index (χ2v) is 7.07. The lowest BCUT2D eigenvalue weighted by molar-refractivity contribution is -0.129. The zero-order chi connectivity index (χ0) is 20.6. The lowest BCUT2D eigenvalue weighted by Crippen LogP contribution is -2.50. The first-order valence-corrected chi connectivity index (χ1v) is 10.00. The highest BCUT2D eigenvalue weighted by Gasteiger charge is 2.27. The predicted molar refractivity (Wildman–Crippen MR) is 112 cm³/mol. The Kier molecular flexibility index (Phi) is 7.25. The molecule has 1 aliphatic rings. The number of aryl methyl sites for hydroxylation is 2. The normalized spacial score (nSPS) is 16.6. The molecule has 29 heavy (non-hydrogen) atoms. The average Bonchev–Trinajstić information content (AvgIpc) is 2.77. The van der Waals surface area contributed by atoms with Crippen molar-refractivity contribution in [3.05, 3.63) is 59.7 Å². The Morgan fingerprint density at radius 3 is 2.69 bits per heavy atom. The summed E-state index contributed by atoms with van der Waals surface area (Å²) in [7, 11) is 1.63. The number of para-hydroxylation sites is 1. The molecule has 0 radical (unpaired) electrons. The topological polar surface area (TPSA) is 67.9 Å². The molecular weight excluding hydrogens is 368 g/mol. The number of amides is 2. The molecule has 1 aliphatic heterocycles. The van der Waals surface area contributed by atoms with E-state index in [1.54, 1.807) is 12.0 Å². The standard InChI is InChI=1S/C23H28N2O4/c1-3-17-8-11-19(12-9-17)25-15-20(29-16-23(25)27)14-24-22(26)13-10-18-6-4-5-7-21(18)28-2/h4-9,11-12,20H,3,10,13-16H2,1-2H3,(H,24,26). The summed E-state index contributed by atoms with van der Waals surface area (Å²) in [5.74, 6) is 0.683. The van der Waals surface area contributed by atoms with Gasteiger partial charge in [-0.2, -0.15) is 0 Å². The smallest absolute Gasteiger partial charge is 0.253 e. The van der Waals surface area contributed by atoms with Crippen molar-refractivity contribution in [2.24, 2.45) is 0 Å². The highest BCUT2D eigenvalue weighted by molar-refractivity contribution is 5.95. The predicted octanol–water partition coefficient (Wildman–Crippen LogP) is 2.74. The van der Waals surface area contributed by atoms with Gasteiger partial charge in [-0.15, -0.1) is 0 Å². The minimum Gasteiger partial charge on any atom is -0.496 e. The first kappa shape index (κ1) is 20.9. The number of morpholine rings is 1. The molecule has 0 aliphatic carbocycles. The number of nitrogens with zero attached hydrogens (tertiary/aromatic N) is 1. The van der Waals surface area contributed by atoms with Crippen LogP contribution in [0, 0.1) is 0 Å². The number of methoxy groups -OCH3 is 1. The van der Waals surface area contributed by atoms with Crippen LogP contribution in [0.1, 0.15) is 24.5 Å². The Morgan fingerprint density at radius 1 is 1.21 bits per heavy atom. The van der Waals surface area contributed by atoms with E-state index < -0.39 is 0 Å². The summed E-state index contributed by atoms with van der Waals surface area (Å²) < 4.78 is 10.9. The molecule has 1 saturated heterocycles. The number of ether oxygens (including phenoxy) is 2. The van der Waals surface area contributed by atoms with Crippen LogP contribution >= 0.6 is 0 Å². The monoisotopic (exact) mass is 396 g/mol. The third-order valence-corrected chi connectivity index (χ3v) is 5.13. The van der Waals surface area contributed by atoms with E-state index in [1.807, 2.05) is 48.5 Å². The molecule has 0 bridgehead atoms. The van der Waals surface area contributed by atoms with Crippen LogP contribution in [0.15, 0.2) is 48.5 Å². The summed E-state index contributed by atoms with van der Waals surface area (Å²) in [4.78, 5) is 26.2. The van der Waals surface area contributed by atoms with Crippen molar-refractivity contribution < 1.29 is 19.1 Å². The Labute approximate surface area is 171 Å². The zero-order valence-corrected chi connectivity index (χ0v) is 17.0. The molecule has 1 N–H and O–H groups in total. The lowest BCUT2D eigenvalue weighted by Gasteiger charge is -2.33. The summed E-state index contributed by atoms with van der Waals surface area (Å²) in [5, 5.41) is 2.92. The van der Waals surface area contributed by atoms with Gasteiger partial charge in [0, 0.05) is 18.7 Å². The Hall–Kier alpha value is -2.86. The SMILES string of the molecule is CCc1ccc(N2CC(CNC(=O)CCc3ccccc3OC)OCC2=O)cc1. The molecule has 2 aromatic rings. The van der Waals surface area contributed by atoms with Crippen LogP contribution in [-0.2, 0) is 27.2 Å². The number of anilines is 1. The minimum absolute atomic E-state index is 0.0251. The molecule has 0 saturated carbocycles. The number of nitrogens with one attached hydrogen (secondary N) is 1. The molecule has 2 amide bonds. The van der Waals surface area contributed by atoms with E-state index in [-0.39, 0.29) is 24.5 Å². The highest BCUT2D eigenvalue weighted by atomic mass is 16.5. The molecule has 2 aromatic carbocycles. The number of hydrogen-bond donors (Lipinski definition) is 1. The maximum Gasteiger partial charge on any atom is 0.253 e. The quantitative estimate of drug-likeness (QED) is 0.745. The summed E-state index contributed by atoms with van der Waals surface area (Å²) in [6.07, 6.45) is 1.71. The third kappa shape index (κ3) is 5.57. The van der Waals surface area contributed by atoms with Gasteiger partial charge >= 0.3 is 0 Å². The van der Waals surface area contributed by atoms with Crippen LogP contribution in [0.3, 0.4) is 0 Å².